The van der Waals surface area contributed by atoms with Crippen LogP contribution in [0.1, 0.15) is 47.8 Å². The van der Waals surface area contributed by atoms with E-state index >= 15 is 0 Å². The minimum absolute atomic E-state index is 0.141. The fraction of sp³-hybridized carbons (Fsp3) is 0.250. The summed E-state index contributed by atoms with van der Waals surface area (Å²) in [5.74, 6) is -0.489. The topological polar surface area (TPSA) is 124 Å². The summed E-state index contributed by atoms with van der Waals surface area (Å²) in [6.45, 7) is 5.62. The second-order valence-corrected chi connectivity index (χ2v) is 15.2. The van der Waals surface area contributed by atoms with Crippen LogP contribution in [0.3, 0.4) is 0 Å². The van der Waals surface area contributed by atoms with Crippen LogP contribution in [-0.2, 0) is 14.3 Å². The Morgan fingerprint density at radius 2 is 1.11 bits per heavy atom. The maximum atomic E-state index is 13.8. The van der Waals surface area contributed by atoms with Gasteiger partial charge >= 0.3 is 6.09 Å². The van der Waals surface area contributed by atoms with Gasteiger partial charge in [0.15, 0.2) is 0 Å². The fourth-order valence-electron chi connectivity index (χ4n) is 5.81. The maximum absolute atomic E-state index is 13.8. The summed E-state index contributed by atoms with van der Waals surface area (Å²) < 4.78 is 4.85. The van der Waals surface area contributed by atoms with E-state index in [1.165, 1.54) is 0 Å². The molecule has 0 saturated carbocycles. The Labute approximate surface area is 327 Å². The molecule has 0 aliphatic heterocycles. The Kier molecular flexibility index (Phi) is 13.8. The number of carbonyl (C=O) groups is 3. The van der Waals surface area contributed by atoms with E-state index in [1.54, 1.807) is 56.8 Å². The van der Waals surface area contributed by atoms with Gasteiger partial charge in [-0.05, 0) is 86.0 Å². The lowest BCUT2D eigenvalue weighted by Crippen LogP contribution is -2.51. The summed E-state index contributed by atoms with van der Waals surface area (Å²) in [5.41, 5.74) is 5.17. The van der Waals surface area contributed by atoms with Gasteiger partial charge in [0.05, 0.1) is 16.1 Å². The Hall–Kier alpha value is -5.94. The van der Waals surface area contributed by atoms with Crippen molar-refractivity contribution in [1.82, 2.24) is 16.0 Å². The zero-order chi connectivity index (χ0) is 39.3. The summed E-state index contributed by atoms with van der Waals surface area (Å²) in [7, 11) is 3.95. The first-order chi connectivity index (χ1) is 26.4. The number of nitrogens with zero attached hydrogens (tertiary/aromatic N) is 3. The summed E-state index contributed by atoms with van der Waals surface area (Å²) in [6, 6.07) is 43.9. The molecule has 5 rings (SSSR count). The molecule has 1 atom stereocenters. The third-order valence-corrected chi connectivity index (χ3v) is 10.1. The number of hydrogen-bond donors (Lipinski definition) is 3. The number of hydrogen-bond acceptors (Lipinski definition) is 8. The number of alkyl carbamates (subject to hydrolysis) is 1. The highest BCUT2D eigenvalue weighted by Gasteiger charge is 2.38. The van der Waals surface area contributed by atoms with Crippen molar-refractivity contribution in [2.45, 2.75) is 37.2 Å². The van der Waals surface area contributed by atoms with Gasteiger partial charge in [-0.3, -0.25) is 9.59 Å². The average Bonchev–Trinajstić information content (AvgIpc) is 3.19. The van der Waals surface area contributed by atoms with Gasteiger partial charge in [-0.15, -0.1) is 11.8 Å². The SMILES string of the molecule is CN(C)c1ccc(N=Nc2ccc(C(=O)NCCNC(=O)C(CSC(c3ccccc3)(c3ccccc3)c3ccccc3)NC(=O)OC(C)(C)C)cc2)cc1. The molecule has 55 heavy (non-hydrogen) atoms. The molecular formula is C44H48N6O4S. The van der Waals surface area contributed by atoms with Gasteiger partial charge in [0, 0.05) is 44.2 Å². The van der Waals surface area contributed by atoms with Crippen LogP contribution < -0.4 is 20.9 Å². The van der Waals surface area contributed by atoms with E-state index in [9.17, 15) is 14.4 Å². The first-order valence-electron chi connectivity index (χ1n) is 18.1. The number of amides is 3. The largest absolute Gasteiger partial charge is 0.444 e. The third-order valence-electron chi connectivity index (χ3n) is 8.50. The van der Waals surface area contributed by atoms with Crippen LogP contribution in [0.5, 0.6) is 0 Å². The van der Waals surface area contributed by atoms with Gasteiger partial charge in [-0.25, -0.2) is 4.79 Å². The molecule has 5 aromatic rings. The predicted molar refractivity (Wildman–Crippen MR) is 222 cm³/mol. The van der Waals surface area contributed by atoms with E-state index in [1.807, 2.05) is 97.9 Å². The van der Waals surface area contributed by atoms with Crippen molar-refractivity contribution in [1.29, 1.82) is 0 Å². The predicted octanol–water partition coefficient (Wildman–Crippen LogP) is 8.63. The summed E-state index contributed by atoms with van der Waals surface area (Å²) in [5, 5.41) is 17.1. The van der Waals surface area contributed by atoms with Gasteiger partial charge in [0.1, 0.15) is 11.6 Å². The summed E-state index contributed by atoms with van der Waals surface area (Å²) in [6.07, 6.45) is -0.698. The van der Waals surface area contributed by atoms with Gasteiger partial charge < -0.3 is 25.6 Å². The van der Waals surface area contributed by atoms with Crippen LogP contribution in [0, 0.1) is 0 Å². The molecule has 0 bridgehead atoms. The van der Waals surface area contributed by atoms with Crippen molar-refractivity contribution < 1.29 is 19.1 Å². The molecule has 11 heteroatoms. The van der Waals surface area contributed by atoms with Gasteiger partial charge in [0.25, 0.3) is 5.91 Å². The van der Waals surface area contributed by atoms with Crippen molar-refractivity contribution in [2.24, 2.45) is 10.2 Å². The van der Waals surface area contributed by atoms with E-state index in [4.69, 9.17) is 4.74 Å². The van der Waals surface area contributed by atoms with Crippen molar-refractivity contribution >= 4 is 46.7 Å². The zero-order valence-corrected chi connectivity index (χ0v) is 32.7. The molecule has 0 saturated heterocycles. The van der Waals surface area contributed by atoms with Crippen molar-refractivity contribution in [3.8, 4) is 0 Å². The molecule has 0 fully saturated rings. The lowest BCUT2D eigenvalue weighted by molar-refractivity contribution is -0.122. The zero-order valence-electron chi connectivity index (χ0n) is 31.9. The van der Waals surface area contributed by atoms with Gasteiger partial charge in [-0.2, -0.15) is 10.2 Å². The minimum atomic E-state index is -0.960. The number of ether oxygens (including phenoxy) is 1. The second kappa shape index (κ2) is 18.9. The molecule has 0 heterocycles. The number of rotatable bonds is 15. The smallest absolute Gasteiger partial charge is 0.408 e. The average molecular weight is 757 g/mol. The molecule has 0 aliphatic rings. The monoisotopic (exact) mass is 756 g/mol. The highest BCUT2D eigenvalue weighted by molar-refractivity contribution is 8.00. The van der Waals surface area contributed by atoms with Crippen molar-refractivity contribution in [3.63, 3.8) is 0 Å². The van der Waals surface area contributed by atoms with E-state index < -0.39 is 28.4 Å². The molecule has 3 N–H and O–H groups in total. The van der Waals surface area contributed by atoms with E-state index in [0.717, 1.165) is 28.1 Å². The highest BCUT2D eigenvalue weighted by Crippen LogP contribution is 2.48. The highest BCUT2D eigenvalue weighted by atomic mass is 32.2. The van der Waals surface area contributed by atoms with Crippen LogP contribution in [0.25, 0.3) is 0 Å². The van der Waals surface area contributed by atoms with E-state index in [-0.39, 0.29) is 24.7 Å². The van der Waals surface area contributed by atoms with E-state index in [2.05, 4.69) is 62.6 Å². The number of thioether (sulfide) groups is 1. The number of benzene rings is 5. The first kappa shape index (κ1) is 40.2. The third kappa shape index (κ3) is 11.3. The van der Waals surface area contributed by atoms with Crippen LogP contribution in [-0.4, -0.2) is 62.5 Å². The Bertz CT molecular complexity index is 1920. The fourth-order valence-corrected chi connectivity index (χ4v) is 7.37. The lowest BCUT2D eigenvalue weighted by atomic mass is 9.84. The standard InChI is InChI=1S/C44H48N6O4S/c1-43(2,3)54-42(53)47-39(31-55-44(33-15-9-6-10-16-33,34-17-11-7-12-18-34)35-19-13-8-14-20-35)41(52)46-30-29-45-40(51)32-21-23-36(24-22-32)48-49-37-25-27-38(28-26-37)50(4)5/h6-28,39H,29-31H2,1-5H3,(H,45,51)(H,46,52)(H,47,53). The molecule has 10 nitrogen and oxygen atoms in total. The second-order valence-electron chi connectivity index (χ2n) is 14.0. The number of anilines is 1. The number of nitrogens with one attached hydrogen (secondary N) is 3. The number of azo groups is 1. The number of carbonyl (C=O) groups excluding carboxylic acids is 3. The molecule has 3 amide bonds. The van der Waals surface area contributed by atoms with Crippen molar-refractivity contribution in [2.75, 3.05) is 37.8 Å². The molecule has 1 unspecified atom stereocenters. The van der Waals surface area contributed by atoms with E-state index in [0.29, 0.717) is 11.3 Å². The molecule has 5 aromatic carbocycles. The van der Waals surface area contributed by atoms with Crippen molar-refractivity contribution in [3.05, 3.63) is 162 Å². The van der Waals surface area contributed by atoms with Crippen LogP contribution in [0.15, 0.2) is 150 Å². The minimum Gasteiger partial charge on any atom is -0.444 e. The molecule has 0 aromatic heterocycles. The lowest BCUT2D eigenvalue weighted by Gasteiger charge is -2.36. The van der Waals surface area contributed by atoms with Crippen LogP contribution in [0.2, 0.25) is 0 Å². The normalized spacial score (nSPS) is 12.1. The molecule has 0 spiro atoms. The summed E-state index contributed by atoms with van der Waals surface area (Å²) in [4.78, 5) is 41.8. The van der Waals surface area contributed by atoms with Crippen LogP contribution >= 0.6 is 11.8 Å². The molecular weight excluding hydrogens is 709 g/mol. The Balaban J connectivity index is 1.25. The molecule has 284 valence electrons. The Morgan fingerprint density at radius 1 is 0.655 bits per heavy atom. The van der Waals surface area contributed by atoms with Gasteiger partial charge in [0.2, 0.25) is 5.91 Å². The molecule has 0 radical (unpaired) electrons. The first-order valence-corrected chi connectivity index (χ1v) is 19.1. The molecule has 0 aliphatic carbocycles. The van der Waals surface area contributed by atoms with Gasteiger partial charge in [-0.1, -0.05) is 91.0 Å². The Morgan fingerprint density at radius 3 is 1.56 bits per heavy atom. The quantitative estimate of drug-likeness (QED) is 0.0558. The van der Waals surface area contributed by atoms with Crippen LogP contribution in [0.4, 0.5) is 21.9 Å². The maximum Gasteiger partial charge on any atom is 0.408 e. The summed E-state index contributed by atoms with van der Waals surface area (Å²) >= 11 is 1.55.